The van der Waals surface area contributed by atoms with Gasteiger partial charge in [-0.1, -0.05) is 13.8 Å². The molecule has 1 aliphatic rings. The topological polar surface area (TPSA) is 38.8 Å². The summed E-state index contributed by atoms with van der Waals surface area (Å²) in [5.74, 6) is 2.14. The fraction of sp³-hybridized carbons (Fsp3) is 0.938. The van der Waals surface area contributed by atoms with Gasteiger partial charge in [-0.3, -0.25) is 0 Å². The van der Waals surface area contributed by atoms with Gasteiger partial charge in [-0.15, -0.1) is 0 Å². The molecule has 1 rings (SSSR count). The van der Waals surface area contributed by atoms with Crippen LogP contribution in [0.25, 0.3) is 0 Å². The molecule has 124 valence electrons. The van der Waals surface area contributed by atoms with Crippen molar-refractivity contribution >= 4 is 17.9 Å². The molecular formula is C16H31NO3S. The van der Waals surface area contributed by atoms with E-state index >= 15 is 0 Å². The van der Waals surface area contributed by atoms with Gasteiger partial charge in [0.2, 0.25) is 0 Å². The van der Waals surface area contributed by atoms with E-state index in [1.807, 2.05) is 37.4 Å². The first-order chi connectivity index (χ1) is 9.82. The molecule has 1 amide bonds. The standard InChI is InChI=1S/C16H31NO3S/c1-6-16(19-11-12-21-7-2)9-8-10-17(13-16)14(18)20-15(3,4)5/h6-13H2,1-5H3. The first-order valence-electron chi connectivity index (χ1n) is 8.01. The Morgan fingerprint density at radius 1 is 1.33 bits per heavy atom. The molecule has 0 aromatic heterocycles. The van der Waals surface area contributed by atoms with E-state index in [0.29, 0.717) is 6.54 Å². The number of amides is 1. The van der Waals surface area contributed by atoms with Crippen LogP contribution in [0.3, 0.4) is 0 Å². The molecule has 0 N–H and O–H groups in total. The van der Waals surface area contributed by atoms with E-state index in [-0.39, 0.29) is 11.7 Å². The van der Waals surface area contributed by atoms with Crippen LogP contribution in [0.5, 0.6) is 0 Å². The largest absolute Gasteiger partial charge is 0.444 e. The Balaban J connectivity index is 2.56. The number of hydrogen-bond donors (Lipinski definition) is 0. The number of likely N-dealkylation sites (tertiary alicyclic amines) is 1. The summed E-state index contributed by atoms with van der Waals surface area (Å²) in [6.45, 7) is 12.2. The Labute approximate surface area is 133 Å². The van der Waals surface area contributed by atoms with E-state index in [0.717, 1.165) is 43.9 Å². The van der Waals surface area contributed by atoms with Crippen LogP contribution < -0.4 is 0 Å². The van der Waals surface area contributed by atoms with Crippen LogP contribution in [0.2, 0.25) is 0 Å². The summed E-state index contributed by atoms with van der Waals surface area (Å²) in [7, 11) is 0. The zero-order valence-electron chi connectivity index (χ0n) is 14.2. The number of hydrogen-bond acceptors (Lipinski definition) is 4. The molecule has 1 saturated heterocycles. The molecular weight excluding hydrogens is 286 g/mol. The van der Waals surface area contributed by atoms with Gasteiger partial charge in [0.25, 0.3) is 0 Å². The van der Waals surface area contributed by atoms with Gasteiger partial charge >= 0.3 is 6.09 Å². The zero-order chi connectivity index (χ0) is 15.9. The highest BCUT2D eigenvalue weighted by atomic mass is 32.2. The van der Waals surface area contributed by atoms with Crippen LogP contribution in [0.15, 0.2) is 0 Å². The van der Waals surface area contributed by atoms with Crippen LogP contribution in [-0.2, 0) is 9.47 Å². The predicted molar refractivity (Wildman–Crippen MR) is 89.0 cm³/mol. The second kappa shape index (κ2) is 8.28. The third-order valence-corrected chi connectivity index (χ3v) is 4.54. The lowest BCUT2D eigenvalue weighted by Crippen LogP contribution is -2.52. The first-order valence-corrected chi connectivity index (χ1v) is 9.17. The Hall–Kier alpha value is -0.420. The molecule has 0 aliphatic carbocycles. The SMILES string of the molecule is CCSCCOC1(CC)CCCN(C(=O)OC(C)(C)C)C1. The van der Waals surface area contributed by atoms with Crippen molar-refractivity contribution in [3.63, 3.8) is 0 Å². The number of nitrogens with zero attached hydrogens (tertiary/aromatic N) is 1. The van der Waals surface area contributed by atoms with Crippen molar-refractivity contribution in [1.82, 2.24) is 4.90 Å². The fourth-order valence-corrected chi connectivity index (χ4v) is 3.04. The van der Waals surface area contributed by atoms with Crippen LogP contribution in [0, 0.1) is 0 Å². The van der Waals surface area contributed by atoms with Crippen molar-refractivity contribution in [2.45, 2.75) is 65.1 Å². The minimum Gasteiger partial charge on any atom is -0.444 e. The van der Waals surface area contributed by atoms with Crippen molar-refractivity contribution < 1.29 is 14.3 Å². The summed E-state index contributed by atoms with van der Waals surface area (Å²) < 4.78 is 11.6. The molecule has 0 bridgehead atoms. The number of carbonyl (C=O) groups is 1. The third kappa shape index (κ3) is 6.47. The fourth-order valence-electron chi connectivity index (χ4n) is 2.55. The van der Waals surface area contributed by atoms with Gasteiger partial charge in [-0.05, 0) is 45.8 Å². The van der Waals surface area contributed by atoms with Crippen molar-refractivity contribution in [2.24, 2.45) is 0 Å². The highest BCUT2D eigenvalue weighted by Crippen LogP contribution is 2.29. The van der Waals surface area contributed by atoms with Gasteiger partial charge in [-0.25, -0.2) is 4.79 Å². The van der Waals surface area contributed by atoms with Crippen molar-refractivity contribution in [3.8, 4) is 0 Å². The number of ether oxygens (including phenoxy) is 2. The van der Waals surface area contributed by atoms with Crippen LogP contribution in [0.4, 0.5) is 4.79 Å². The number of thioether (sulfide) groups is 1. The van der Waals surface area contributed by atoms with E-state index in [9.17, 15) is 4.79 Å². The van der Waals surface area contributed by atoms with Crippen molar-refractivity contribution in [3.05, 3.63) is 0 Å². The van der Waals surface area contributed by atoms with Crippen LogP contribution >= 0.6 is 11.8 Å². The molecule has 1 atom stereocenters. The lowest BCUT2D eigenvalue weighted by Gasteiger charge is -2.42. The van der Waals surface area contributed by atoms with E-state index in [2.05, 4.69) is 13.8 Å². The van der Waals surface area contributed by atoms with Gasteiger partial charge in [0.05, 0.1) is 18.8 Å². The Morgan fingerprint density at radius 2 is 2.05 bits per heavy atom. The predicted octanol–water partition coefficient (Wildman–Crippen LogP) is 3.94. The molecule has 1 unspecified atom stereocenters. The molecule has 0 radical (unpaired) electrons. The Bertz CT molecular complexity index is 330. The smallest absolute Gasteiger partial charge is 0.410 e. The number of carbonyl (C=O) groups excluding carboxylic acids is 1. The van der Waals surface area contributed by atoms with Crippen molar-refractivity contribution in [2.75, 3.05) is 31.2 Å². The maximum atomic E-state index is 12.2. The number of rotatable bonds is 6. The molecule has 5 heteroatoms. The molecule has 1 heterocycles. The third-order valence-electron chi connectivity index (χ3n) is 3.68. The summed E-state index contributed by atoms with van der Waals surface area (Å²) in [6.07, 6.45) is 2.73. The highest BCUT2D eigenvalue weighted by Gasteiger charge is 2.37. The Kier molecular flexibility index (Phi) is 7.34. The van der Waals surface area contributed by atoms with Crippen molar-refractivity contribution in [1.29, 1.82) is 0 Å². The average molecular weight is 317 g/mol. The van der Waals surface area contributed by atoms with E-state index < -0.39 is 5.60 Å². The quantitative estimate of drug-likeness (QED) is 0.696. The van der Waals surface area contributed by atoms with E-state index in [1.165, 1.54) is 0 Å². The minimum absolute atomic E-state index is 0.191. The second-order valence-electron chi connectivity index (χ2n) is 6.59. The molecule has 1 aliphatic heterocycles. The molecule has 4 nitrogen and oxygen atoms in total. The van der Waals surface area contributed by atoms with Gasteiger partial charge in [0.15, 0.2) is 0 Å². The van der Waals surface area contributed by atoms with E-state index in [1.54, 1.807) is 0 Å². The lowest BCUT2D eigenvalue weighted by molar-refractivity contribution is -0.0880. The minimum atomic E-state index is -0.442. The first kappa shape index (κ1) is 18.6. The summed E-state index contributed by atoms with van der Waals surface area (Å²) in [6, 6.07) is 0. The molecule has 1 fully saturated rings. The molecule has 0 saturated carbocycles. The van der Waals surface area contributed by atoms with Crippen LogP contribution in [0.1, 0.15) is 53.9 Å². The van der Waals surface area contributed by atoms with Gasteiger partial charge < -0.3 is 14.4 Å². The molecule has 0 aromatic carbocycles. The monoisotopic (exact) mass is 317 g/mol. The van der Waals surface area contributed by atoms with E-state index in [4.69, 9.17) is 9.47 Å². The molecule has 0 aromatic rings. The Morgan fingerprint density at radius 3 is 2.62 bits per heavy atom. The summed E-state index contributed by atoms with van der Waals surface area (Å²) in [5, 5.41) is 0. The summed E-state index contributed by atoms with van der Waals surface area (Å²) in [4.78, 5) is 14.0. The highest BCUT2D eigenvalue weighted by molar-refractivity contribution is 7.99. The van der Waals surface area contributed by atoms with Gasteiger partial charge in [-0.2, -0.15) is 11.8 Å². The summed E-state index contributed by atoms with van der Waals surface area (Å²) in [5.41, 5.74) is -0.633. The molecule has 21 heavy (non-hydrogen) atoms. The van der Waals surface area contributed by atoms with Crippen LogP contribution in [-0.4, -0.2) is 53.4 Å². The van der Waals surface area contributed by atoms with Gasteiger partial charge in [0, 0.05) is 12.3 Å². The normalized spacial score (nSPS) is 23.2. The molecule has 0 spiro atoms. The van der Waals surface area contributed by atoms with Gasteiger partial charge in [0.1, 0.15) is 5.60 Å². The maximum absolute atomic E-state index is 12.2. The zero-order valence-corrected chi connectivity index (χ0v) is 15.1. The second-order valence-corrected chi connectivity index (χ2v) is 7.98. The summed E-state index contributed by atoms with van der Waals surface area (Å²) >= 11 is 1.89. The number of piperidine rings is 1. The average Bonchev–Trinajstić information content (AvgIpc) is 2.42. The maximum Gasteiger partial charge on any atom is 0.410 e. The lowest BCUT2D eigenvalue weighted by atomic mass is 9.90.